The van der Waals surface area contributed by atoms with Crippen LogP contribution in [0.1, 0.15) is 114 Å². The normalized spacial score (nSPS) is 15.0. The van der Waals surface area contributed by atoms with Crippen molar-refractivity contribution in [3.8, 4) is 0 Å². The lowest BCUT2D eigenvalue weighted by molar-refractivity contribution is -0.155. The number of carbonyl (C=O) groups excluding carboxylic acids is 2. The second kappa shape index (κ2) is 26.4. The van der Waals surface area contributed by atoms with Crippen molar-refractivity contribution in [1.29, 1.82) is 0 Å². The van der Waals surface area contributed by atoms with E-state index in [1.807, 2.05) is 60.7 Å². The Balaban J connectivity index is 1.27. The van der Waals surface area contributed by atoms with Gasteiger partial charge in [0.1, 0.15) is 25.9 Å². The number of nitrogens with zero attached hydrogens (tertiary/aromatic N) is 2. The van der Waals surface area contributed by atoms with Gasteiger partial charge >= 0.3 is 11.9 Å². The van der Waals surface area contributed by atoms with E-state index in [-0.39, 0.29) is 37.8 Å². The van der Waals surface area contributed by atoms with Crippen LogP contribution < -0.4 is 0 Å². The number of carbonyl (C=O) groups is 2. The van der Waals surface area contributed by atoms with Gasteiger partial charge in [0.15, 0.2) is 11.9 Å². The molecule has 0 amide bonds. The second-order valence-corrected chi connectivity index (χ2v) is 14.3. The summed E-state index contributed by atoms with van der Waals surface area (Å²) in [7, 11) is 4.40. The number of benzene rings is 2. The zero-order valence-electron chi connectivity index (χ0n) is 32.3. The van der Waals surface area contributed by atoms with Crippen molar-refractivity contribution < 1.29 is 33.6 Å². The molecule has 2 aromatic carbocycles. The van der Waals surface area contributed by atoms with Gasteiger partial charge in [-0.15, -0.1) is 0 Å². The summed E-state index contributed by atoms with van der Waals surface area (Å²) in [5.74, 6) is -1.11. The first kappa shape index (κ1) is 43.0. The van der Waals surface area contributed by atoms with Crippen LogP contribution in [-0.4, -0.2) is 85.9 Å². The van der Waals surface area contributed by atoms with E-state index in [1.165, 1.54) is 70.8 Å². The zero-order valence-corrected chi connectivity index (χ0v) is 32.3. The monoisotopic (exact) mass is 722 g/mol. The van der Waals surface area contributed by atoms with E-state index in [4.69, 9.17) is 18.9 Å². The third-order valence-electron chi connectivity index (χ3n) is 9.52. The fourth-order valence-electron chi connectivity index (χ4n) is 6.32. The summed E-state index contributed by atoms with van der Waals surface area (Å²) in [6, 6.07) is 18.9. The van der Waals surface area contributed by atoms with Crippen LogP contribution in [0.15, 0.2) is 72.2 Å². The third kappa shape index (κ3) is 17.9. The molecular formula is C43H66N2O7. The SMILES string of the molecule is CCCCCCCCCCCCN(C)CCCN(C)CCCCCC(=O)OCC(O)C1OC(=O)C(OCc2ccccc2)=C1OCc1ccccc1. The van der Waals surface area contributed by atoms with Crippen LogP contribution in [0.25, 0.3) is 0 Å². The fraction of sp³-hybridized carbons (Fsp3) is 0.628. The quantitative estimate of drug-likeness (QED) is 0.0632. The molecule has 2 aromatic rings. The summed E-state index contributed by atoms with van der Waals surface area (Å²) in [4.78, 5) is 30.1. The van der Waals surface area contributed by atoms with Gasteiger partial charge in [0, 0.05) is 6.42 Å². The summed E-state index contributed by atoms with van der Waals surface area (Å²) in [5, 5.41) is 10.9. The van der Waals surface area contributed by atoms with Gasteiger partial charge in [0.25, 0.3) is 0 Å². The number of aliphatic hydroxyl groups is 1. The molecule has 0 spiro atoms. The standard InChI is InChI=1S/C43H66N2O7/c1-4-5-6-7-8-9-10-11-12-21-29-44(2)31-23-32-45(3)30-22-15-20-28-39(47)49-35-38(46)40-41(50-33-36-24-16-13-17-25-36)42(43(48)52-40)51-34-37-26-18-14-19-27-37/h13-14,16-19,24-27,38,40,46H,4-12,15,20-23,28-35H2,1-3H3. The number of cyclic esters (lactones) is 1. The summed E-state index contributed by atoms with van der Waals surface area (Å²) in [6.07, 6.45) is 15.4. The van der Waals surface area contributed by atoms with Gasteiger partial charge < -0.3 is 33.9 Å². The summed E-state index contributed by atoms with van der Waals surface area (Å²) < 4.78 is 22.7. The molecule has 0 saturated heterocycles. The Hall–Kier alpha value is -3.40. The van der Waals surface area contributed by atoms with E-state index in [9.17, 15) is 14.7 Å². The largest absolute Gasteiger partial charge is 0.485 e. The summed E-state index contributed by atoms with van der Waals surface area (Å²) >= 11 is 0. The lowest BCUT2D eigenvalue weighted by Gasteiger charge is -2.20. The van der Waals surface area contributed by atoms with E-state index in [0.29, 0.717) is 6.42 Å². The number of unbranched alkanes of at least 4 members (excludes halogenated alkanes) is 11. The van der Waals surface area contributed by atoms with Crippen LogP contribution in [-0.2, 0) is 41.8 Å². The predicted molar refractivity (Wildman–Crippen MR) is 206 cm³/mol. The molecule has 1 heterocycles. The summed E-state index contributed by atoms with van der Waals surface area (Å²) in [6.45, 7) is 6.61. The minimum atomic E-state index is -1.31. The molecule has 1 aliphatic heterocycles. The minimum Gasteiger partial charge on any atom is -0.485 e. The molecule has 9 nitrogen and oxygen atoms in total. The smallest absolute Gasteiger partial charge is 0.378 e. The van der Waals surface area contributed by atoms with Crippen LogP contribution in [0.2, 0.25) is 0 Å². The second-order valence-electron chi connectivity index (χ2n) is 14.3. The highest BCUT2D eigenvalue weighted by molar-refractivity contribution is 5.89. The highest BCUT2D eigenvalue weighted by atomic mass is 16.6. The Kier molecular flexibility index (Phi) is 21.8. The van der Waals surface area contributed by atoms with Gasteiger partial charge in [-0.05, 0) is 77.1 Å². The van der Waals surface area contributed by atoms with Gasteiger partial charge in [-0.1, -0.05) is 132 Å². The first-order chi connectivity index (χ1) is 25.4. The Bertz CT molecular complexity index is 1270. The van der Waals surface area contributed by atoms with Crippen molar-refractivity contribution >= 4 is 11.9 Å². The van der Waals surface area contributed by atoms with Gasteiger partial charge in [0.2, 0.25) is 5.76 Å². The van der Waals surface area contributed by atoms with Crippen molar-refractivity contribution in [1.82, 2.24) is 9.80 Å². The van der Waals surface area contributed by atoms with E-state index < -0.39 is 24.1 Å². The number of hydrogen-bond donors (Lipinski definition) is 1. The Labute approximate surface area is 313 Å². The molecule has 290 valence electrons. The van der Waals surface area contributed by atoms with Crippen molar-refractivity contribution in [2.45, 2.75) is 129 Å². The number of hydrogen-bond acceptors (Lipinski definition) is 9. The minimum absolute atomic E-state index is 0.0866. The number of ether oxygens (including phenoxy) is 4. The molecule has 1 N–H and O–H groups in total. The lowest BCUT2D eigenvalue weighted by atomic mass is 10.1. The molecule has 52 heavy (non-hydrogen) atoms. The maximum Gasteiger partial charge on any atom is 0.378 e. The first-order valence-corrected chi connectivity index (χ1v) is 19.9. The van der Waals surface area contributed by atoms with Crippen LogP contribution in [0.4, 0.5) is 0 Å². The van der Waals surface area contributed by atoms with Crippen LogP contribution >= 0.6 is 0 Å². The van der Waals surface area contributed by atoms with Crippen molar-refractivity contribution in [3.63, 3.8) is 0 Å². The number of aliphatic hydroxyl groups excluding tert-OH is 1. The van der Waals surface area contributed by atoms with Gasteiger partial charge in [-0.2, -0.15) is 0 Å². The maximum absolute atomic E-state index is 12.8. The molecule has 0 saturated carbocycles. The lowest BCUT2D eigenvalue weighted by Crippen LogP contribution is -2.34. The molecular weight excluding hydrogens is 656 g/mol. The summed E-state index contributed by atoms with van der Waals surface area (Å²) in [5.41, 5.74) is 1.75. The fourth-order valence-corrected chi connectivity index (χ4v) is 6.32. The van der Waals surface area contributed by atoms with E-state index in [2.05, 4.69) is 30.8 Å². The van der Waals surface area contributed by atoms with Gasteiger partial charge in [-0.25, -0.2) is 4.79 Å². The highest BCUT2D eigenvalue weighted by Crippen LogP contribution is 2.29. The van der Waals surface area contributed by atoms with Crippen molar-refractivity contribution in [2.24, 2.45) is 0 Å². The van der Waals surface area contributed by atoms with Crippen molar-refractivity contribution in [2.75, 3.05) is 46.9 Å². The third-order valence-corrected chi connectivity index (χ3v) is 9.52. The molecule has 0 aromatic heterocycles. The molecule has 3 rings (SSSR count). The molecule has 0 aliphatic carbocycles. The first-order valence-electron chi connectivity index (χ1n) is 19.9. The van der Waals surface area contributed by atoms with E-state index in [0.717, 1.165) is 50.0 Å². The van der Waals surface area contributed by atoms with Crippen molar-refractivity contribution in [3.05, 3.63) is 83.3 Å². The average molecular weight is 723 g/mol. The van der Waals surface area contributed by atoms with E-state index >= 15 is 0 Å². The average Bonchev–Trinajstić information content (AvgIpc) is 3.47. The molecule has 0 radical (unpaired) electrons. The van der Waals surface area contributed by atoms with Crippen LogP contribution in [0, 0.1) is 0 Å². The Morgan fingerprint density at radius 2 is 1.17 bits per heavy atom. The maximum atomic E-state index is 12.8. The highest BCUT2D eigenvalue weighted by Gasteiger charge is 2.42. The number of esters is 2. The molecule has 9 heteroatoms. The van der Waals surface area contributed by atoms with Crippen LogP contribution in [0.5, 0.6) is 0 Å². The Morgan fingerprint density at radius 3 is 1.73 bits per heavy atom. The van der Waals surface area contributed by atoms with Crippen LogP contribution in [0.3, 0.4) is 0 Å². The predicted octanol–water partition coefficient (Wildman–Crippen LogP) is 8.20. The van der Waals surface area contributed by atoms with E-state index in [1.54, 1.807) is 0 Å². The zero-order chi connectivity index (χ0) is 37.2. The molecule has 0 bridgehead atoms. The molecule has 1 aliphatic rings. The van der Waals surface area contributed by atoms with Gasteiger partial charge in [0.05, 0.1) is 0 Å². The Morgan fingerprint density at radius 1 is 0.692 bits per heavy atom. The molecule has 0 fully saturated rings. The number of rotatable bonds is 30. The topological polar surface area (TPSA) is 97.8 Å². The molecule has 2 unspecified atom stereocenters. The van der Waals surface area contributed by atoms with Gasteiger partial charge in [-0.3, -0.25) is 4.79 Å². The molecule has 2 atom stereocenters.